The lowest BCUT2D eigenvalue weighted by Gasteiger charge is -2.18. The molecule has 2 aromatic carbocycles. The van der Waals surface area contributed by atoms with Crippen molar-refractivity contribution < 1.29 is 4.79 Å². The fourth-order valence-corrected chi connectivity index (χ4v) is 3.67. The number of benzene rings is 2. The van der Waals surface area contributed by atoms with Gasteiger partial charge in [0.1, 0.15) is 0 Å². The van der Waals surface area contributed by atoms with Crippen LogP contribution in [0.3, 0.4) is 0 Å². The highest BCUT2D eigenvalue weighted by atomic mass is 79.9. The van der Waals surface area contributed by atoms with Crippen LogP contribution in [0.1, 0.15) is 21.5 Å². The maximum absolute atomic E-state index is 12.7. The first-order valence-corrected chi connectivity index (χ1v) is 9.21. The van der Waals surface area contributed by atoms with Crippen molar-refractivity contribution >= 4 is 38.8 Å². The summed E-state index contributed by atoms with van der Waals surface area (Å²) in [6, 6.07) is 15.9. The van der Waals surface area contributed by atoms with Gasteiger partial charge in [0, 0.05) is 22.3 Å². The molecule has 0 radical (unpaired) electrons. The SMILES string of the molecule is Cc1cccc(C(=O)N2CCN=C2SCc2ccc(Br)cc2)c1. The summed E-state index contributed by atoms with van der Waals surface area (Å²) in [5.74, 6) is 0.845. The van der Waals surface area contributed by atoms with Gasteiger partial charge in [-0.3, -0.25) is 14.7 Å². The summed E-state index contributed by atoms with van der Waals surface area (Å²) >= 11 is 5.06. The highest BCUT2D eigenvalue weighted by Crippen LogP contribution is 2.22. The number of carbonyl (C=O) groups excluding carboxylic acids is 1. The van der Waals surface area contributed by atoms with Crippen LogP contribution >= 0.6 is 27.7 Å². The smallest absolute Gasteiger partial charge is 0.259 e. The quantitative estimate of drug-likeness (QED) is 0.774. The van der Waals surface area contributed by atoms with E-state index in [1.165, 1.54) is 5.56 Å². The minimum Gasteiger partial charge on any atom is -0.286 e. The molecule has 0 aliphatic carbocycles. The zero-order valence-electron chi connectivity index (χ0n) is 12.8. The van der Waals surface area contributed by atoms with Crippen LogP contribution in [-0.2, 0) is 5.75 Å². The third-order valence-electron chi connectivity index (χ3n) is 3.59. The van der Waals surface area contributed by atoms with Gasteiger partial charge < -0.3 is 0 Å². The molecule has 0 saturated carbocycles. The van der Waals surface area contributed by atoms with Gasteiger partial charge in [-0.1, -0.05) is 57.5 Å². The number of aryl methyl sites for hydroxylation is 1. The van der Waals surface area contributed by atoms with E-state index in [0.29, 0.717) is 13.1 Å². The van der Waals surface area contributed by atoms with Crippen LogP contribution in [-0.4, -0.2) is 29.1 Å². The van der Waals surface area contributed by atoms with Crippen molar-refractivity contribution in [1.29, 1.82) is 0 Å². The molecular formula is C18H17BrN2OS. The molecule has 118 valence electrons. The average Bonchev–Trinajstić information content (AvgIpc) is 3.02. The van der Waals surface area contributed by atoms with E-state index in [2.05, 4.69) is 33.1 Å². The minimum absolute atomic E-state index is 0.0354. The Hall–Kier alpha value is -1.59. The predicted octanol–water partition coefficient (Wildman–Crippen LogP) is 4.50. The largest absolute Gasteiger partial charge is 0.286 e. The van der Waals surface area contributed by atoms with Crippen molar-refractivity contribution in [3.05, 3.63) is 69.7 Å². The topological polar surface area (TPSA) is 32.7 Å². The molecule has 0 saturated heterocycles. The summed E-state index contributed by atoms with van der Waals surface area (Å²) in [5.41, 5.74) is 3.04. The van der Waals surface area contributed by atoms with Crippen molar-refractivity contribution in [2.45, 2.75) is 12.7 Å². The summed E-state index contributed by atoms with van der Waals surface area (Å²) in [7, 11) is 0. The van der Waals surface area contributed by atoms with Gasteiger partial charge in [-0.25, -0.2) is 0 Å². The average molecular weight is 389 g/mol. The van der Waals surface area contributed by atoms with Gasteiger partial charge in [-0.15, -0.1) is 0 Å². The standard InChI is InChI=1S/C18H17BrN2OS/c1-13-3-2-4-15(11-13)17(22)21-10-9-20-18(21)23-12-14-5-7-16(19)8-6-14/h2-8,11H,9-10,12H2,1H3. The first kappa shape index (κ1) is 16.3. The molecule has 1 aliphatic rings. The van der Waals surface area contributed by atoms with E-state index < -0.39 is 0 Å². The Bertz CT molecular complexity index is 743. The summed E-state index contributed by atoms with van der Waals surface area (Å²) in [4.78, 5) is 19.0. The molecule has 23 heavy (non-hydrogen) atoms. The van der Waals surface area contributed by atoms with Crippen LogP contribution in [0.2, 0.25) is 0 Å². The molecular weight excluding hydrogens is 372 g/mol. The zero-order valence-corrected chi connectivity index (χ0v) is 15.2. The number of nitrogens with zero attached hydrogens (tertiary/aromatic N) is 2. The Morgan fingerprint density at radius 2 is 2.04 bits per heavy atom. The molecule has 5 heteroatoms. The maximum atomic E-state index is 12.7. The first-order chi connectivity index (χ1) is 11.1. The number of amidine groups is 1. The molecule has 0 aromatic heterocycles. The van der Waals surface area contributed by atoms with E-state index in [-0.39, 0.29) is 5.91 Å². The van der Waals surface area contributed by atoms with E-state index in [0.717, 1.165) is 26.5 Å². The molecule has 0 atom stereocenters. The van der Waals surface area contributed by atoms with E-state index in [9.17, 15) is 4.79 Å². The highest BCUT2D eigenvalue weighted by Gasteiger charge is 2.25. The monoisotopic (exact) mass is 388 g/mol. The molecule has 0 spiro atoms. The van der Waals surface area contributed by atoms with Crippen molar-refractivity contribution in [1.82, 2.24) is 4.90 Å². The van der Waals surface area contributed by atoms with Gasteiger partial charge in [0.05, 0.1) is 6.54 Å². The second-order valence-corrected chi connectivity index (χ2v) is 7.26. The van der Waals surface area contributed by atoms with Gasteiger partial charge in [0.25, 0.3) is 5.91 Å². The van der Waals surface area contributed by atoms with Crippen molar-refractivity contribution in [3.8, 4) is 0 Å². The van der Waals surface area contributed by atoms with Crippen LogP contribution < -0.4 is 0 Å². The number of halogens is 1. The van der Waals surface area contributed by atoms with Crippen LogP contribution in [0.15, 0.2) is 58.0 Å². The van der Waals surface area contributed by atoms with E-state index >= 15 is 0 Å². The van der Waals surface area contributed by atoms with Gasteiger partial charge in [-0.2, -0.15) is 0 Å². The molecule has 1 amide bonds. The molecule has 0 fully saturated rings. The third kappa shape index (κ3) is 4.03. The van der Waals surface area contributed by atoms with Crippen molar-refractivity contribution in [3.63, 3.8) is 0 Å². The summed E-state index contributed by atoms with van der Waals surface area (Å²) in [6.45, 7) is 3.34. The Morgan fingerprint density at radius 1 is 1.26 bits per heavy atom. The number of hydrogen-bond acceptors (Lipinski definition) is 3. The first-order valence-electron chi connectivity index (χ1n) is 7.44. The Balaban J connectivity index is 1.67. The summed E-state index contributed by atoms with van der Waals surface area (Å²) in [6.07, 6.45) is 0. The Labute approximate surface area is 148 Å². The number of amides is 1. The van der Waals surface area contributed by atoms with E-state index in [1.807, 2.05) is 43.3 Å². The fourth-order valence-electron chi connectivity index (χ4n) is 2.40. The van der Waals surface area contributed by atoms with Crippen LogP contribution in [0.25, 0.3) is 0 Å². The van der Waals surface area contributed by atoms with Crippen LogP contribution in [0.5, 0.6) is 0 Å². The second kappa shape index (κ2) is 7.32. The van der Waals surface area contributed by atoms with Crippen molar-refractivity contribution in [2.75, 3.05) is 13.1 Å². The van der Waals surface area contributed by atoms with E-state index in [4.69, 9.17) is 0 Å². The predicted molar refractivity (Wildman–Crippen MR) is 100.0 cm³/mol. The third-order valence-corrected chi connectivity index (χ3v) is 5.21. The van der Waals surface area contributed by atoms with Gasteiger partial charge >= 0.3 is 0 Å². The molecule has 1 heterocycles. The normalized spacial score (nSPS) is 14.0. The molecule has 1 aliphatic heterocycles. The van der Waals surface area contributed by atoms with E-state index in [1.54, 1.807) is 16.7 Å². The molecule has 0 bridgehead atoms. The zero-order chi connectivity index (χ0) is 16.2. The summed E-state index contributed by atoms with van der Waals surface area (Å²) in [5, 5.41) is 0.819. The molecule has 0 unspecified atom stereocenters. The molecule has 3 rings (SSSR count). The lowest BCUT2D eigenvalue weighted by molar-refractivity contribution is 0.0860. The summed E-state index contributed by atoms with van der Waals surface area (Å²) < 4.78 is 1.07. The number of rotatable bonds is 3. The maximum Gasteiger partial charge on any atom is 0.259 e. The van der Waals surface area contributed by atoms with Gasteiger partial charge in [-0.05, 0) is 36.8 Å². The van der Waals surface area contributed by atoms with Crippen molar-refractivity contribution in [2.24, 2.45) is 4.99 Å². The highest BCUT2D eigenvalue weighted by molar-refractivity contribution is 9.10. The molecule has 0 N–H and O–H groups in total. The lowest BCUT2D eigenvalue weighted by Crippen LogP contribution is -2.32. The lowest BCUT2D eigenvalue weighted by atomic mass is 10.1. The Kier molecular flexibility index (Phi) is 5.18. The van der Waals surface area contributed by atoms with Gasteiger partial charge in [0.2, 0.25) is 0 Å². The van der Waals surface area contributed by atoms with Gasteiger partial charge in [0.15, 0.2) is 5.17 Å². The molecule has 2 aromatic rings. The van der Waals surface area contributed by atoms with Crippen LogP contribution in [0.4, 0.5) is 0 Å². The Morgan fingerprint density at radius 3 is 2.78 bits per heavy atom. The second-order valence-electron chi connectivity index (χ2n) is 5.41. The fraction of sp³-hybridized carbons (Fsp3) is 0.222. The number of carbonyl (C=O) groups is 1. The number of thioether (sulfide) groups is 1. The number of aliphatic imine (C=N–C) groups is 1. The number of hydrogen-bond donors (Lipinski definition) is 0. The minimum atomic E-state index is 0.0354. The van der Waals surface area contributed by atoms with Crippen LogP contribution in [0, 0.1) is 6.92 Å². The molecule has 3 nitrogen and oxygen atoms in total.